The van der Waals surface area contributed by atoms with E-state index in [9.17, 15) is 13.2 Å². The maximum atomic E-state index is 13.9. The number of hydrogen-bond acceptors (Lipinski definition) is 5. The van der Waals surface area contributed by atoms with Crippen LogP contribution < -0.4 is 4.90 Å². The molecule has 1 amide bonds. The first kappa shape index (κ1) is 26.5. The Kier molecular flexibility index (Phi) is 7.66. The van der Waals surface area contributed by atoms with E-state index >= 15 is 0 Å². The number of carbonyl (C=O) groups is 1. The molecule has 1 saturated heterocycles. The van der Waals surface area contributed by atoms with E-state index in [1.807, 2.05) is 42.5 Å². The minimum atomic E-state index is -3.58. The summed E-state index contributed by atoms with van der Waals surface area (Å²) in [7, 11) is -3.58. The van der Waals surface area contributed by atoms with E-state index in [2.05, 4.69) is 26.8 Å². The van der Waals surface area contributed by atoms with Crippen molar-refractivity contribution in [3.05, 3.63) is 89.5 Å². The number of rotatable bonds is 7. The molecule has 198 valence electrons. The summed E-state index contributed by atoms with van der Waals surface area (Å²) >= 11 is 1.50. The Labute approximate surface area is 229 Å². The first-order valence-electron chi connectivity index (χ1n) is 13.1. The molecule has 1 aliphatic rings. The zero-order chi connectivity index (χ0) is 26.9. The number of carbonyl (C=O) groups excluding carboxylic acids is 1. The van der Waals surface area contributed by atoms with E-state index in [0.29, 0.717) is 42.2 Å². The van der Waals surface area contributed by atoms with Gasteiger partial charge in [0.15, 0.2) is 5.13 Å². The van der Waals surface area contributed by atoms with Crippen LogP contribution in [-0.4, -0.2) is 36.7 Å². The lowest BCUT2D eigenvalue weighted by atomic mass is 10.0. The van der Waals surface area contributed by atoms with Gasteiger partial charge in [-0.1, -0.05) is 74.6 Å². The zero-order valence-corrected chi connectivity index (χ0v) is 23.6. The molecule has 0 bridgehead atoms. The largest absolute Gasteiger partial charge is 0.279 e. The van der Waals surface area contributed by atoms with Crippen molar-refractivity contribution in [3.8, 4) is 0 Å². The van der Waals surface area contributed by atoms with Crippen molar-refractivity contribution in [2.45, 2.75) is 51.0 Å². The first-order valence-corrected chi connectivity index (χ1v) is 15.3. The summed E-state index contributed by atoms with van der Waals surface area (Å²) in [6, 6.07) is 22.3. The van der Waals surface area contributed by atoms with Gasteiger partial charge in [0.2, 0.25) is 10.0 Å². The highest BCUT2D eigenvalue weighted by Gasteiger charge is 2.29. The van der Waals surface area contributed by atoms with Crippen LogP contribution in [0.1, 0.15) is 61.0 Å². The SMILES string of the molecule is CC1CCN(S(=O)(=O)c2ccc(C(=O)N(Cc3ccccc3)c3nc4c(C(C)C)cccc4s3)cc2)CC1. The molecule has 1 fully saturated rings. The topological polar surface area (TPSA) is 70.6 Å². The average Bonchev–Trinajstić information content (AvgIpc) is 3.36. The number of piperidine rings is 1. The lowest BCUT2D eigenvalue weighted by Gasteiger charge is -2.29. The van der Waals surface area contributed by atoms with Gasteiger partial charge in [-0.2, -0.15) is 4.31 Å². The second-order valence-corrected chi connectivity index (χ2v) is 13.3. The molecule has 0 radical (unpaired) electrons. The second kappa shape index (κ2) is 11.0. The van der Waals surface area contributed by atoms with Crippen LogP contribution in [0.2, 0.25) is 0 Å². The fourth-order valence-electron chi connectivity index (χ4n) is 4.83. The number of anilines is 1. The van der Waals surface area contributed by atoms with Gasteiger partial charge in [-0.15, -0.1) is 0 Å². The molecule has 0 saturated carbocycles. The van der Waals surface area contributed by atoms with Crippen molar-refractivity contribution >= 4 is 42.6 Å². The third kappa shape index (κ3) is 5.39. The summed E-state index contributed by atoms with van der Waals surface area (Å²) in [5.74, 6) is 0.635. The maximum Gasteiger partial charge on any atom is 0.260 e. The maximum absolute atomic E-state index is 13.9. The molecular weight excluding hydrogens is 514 g/mol. The first-order chi connectivity index (χ1) is 18.2. The molecule has 3 aromatic carbocycles. The molecule has 0 N–H and O–H groups in total. The highest BCUT2D eigenvalue weighted by molar-refractivity contribution is 7.89. The Morgan fingerprint density at radius 1 is 1.00 bits per heavy atom. The number of para-hydroxylation sites is 1. The van der Waals surface area contributed by atoms with E-state index < -0.39 is 10.0 Å². The van der Waals surface area contributed by atoms with Crippen molar-refractivity contribution in [2.24, 2.45) is 5.92 Å². The van der Waals surface area contributed by atoms with Crippen LogP contribution in [0.15, 0.2) is 77.7 Å². The van der Waals surface area contributed by atoms with E-state index in [0.717, 1.165) is 34.2 Å². The summed E-state index contributed by atoms with van der Waals surface area (Å²) < 4.78 is 29.0. The van der Waals surface area contributed by atoms with E-state index in [1.165, 1.54) is 11.3 Å². The second-order valence-electron chi connectivity index (χ2n) is 10.3. The quantitative estimate of drug-likeness (QED) is 0.259. The third-order valence-electron chi connectivity index (χ3n) is 7.20. The summed E-state index contributed by atoms with van der Waals surface area (Å²) in [6.07, 6.45) is 1.73. The Balaban J connectivity index is 1.47. The van der Waals surface area contributed by atoms with Gasteiger partial charge in [0.05, 0.1) is 21.7 Å². The number of amides is 1. The summed E-state index contributed by atoms with van der Waals surface area (Å²) in [6.45, 7) is 7.86. The van der Waals surface area contributed by atoms with Crippen LogP contribution >= 0.6 is 11.3 Å². The van der Waals surface area contributed by atoms with Crippen LogP contribution in [0, 0.1) is 5.92 Å². The van der Waals surface area contributed by atoms with Gasteiger partial charge in [0.1, 0.15) is 0 Å². The molecule has 0 aliphatic carbocycles. The Morgan fingerprint density at radius 2 is 1.68 bits per heavy atom. The van der Waals surface area contributed by atoms with Crippen molar-refractivity contribution in [1.82, 2.24) is 9.29 Å². The summed E-state index contributed by atoms with van der Waals surface area (Å²) in [5.41, 5.74) is 3.49. The number of thiazole rings is 1. The summed E-state index contributed by atoms with van der Waals surface area (Å²) in [5, 5.41) is 0.626. The molecule has 6 nitrogen and oxygen atoms in total. The molecule has 0 atom stereocenters. The van der Waals surface area contributed by atoms with Crippen LogP contribution in [0.5, 0.6) is 0 Å². The predicted molar refractivity (Wildman–Crippen MR) is 154 cm³/mol. The van der Waals surface area contributed by atoms with Crippen LogP contribution in [0.25, 0.3) is 10.2 Å². The molecule has 4 aromatic rings. The lowest BCUT2D eigenvalue weighted by Crippen LogP contribution is -2.37. The fraction of sp³-hybridized carbons (Fsp3) is 0.333. The molecule has 2 heterocycles. The van der Waals surface area contributed by atoms with Gasteiger partial charge >= 0.3 is 0 Å². The fourth-order valence-corrected chi connectivity index (χ4v) is 7.30. The number of aromatic nitrogens is 1. The standard InChI is InChI=1S/C30H33N3O3S2/c1-21(2)26-10-7-11-27-28(26)31-30(37-27)33(20-23-8-5-4-6-9-23)29(34)24-12-14-25(15-13-24)38(35,36)32-18-16-22(3)17-19-32/h4-15,21-22H,16-20H2,1-3H3. The minimum Gasteiger partial charge on any atom is -0.279 e. The predicted octanol–water partition coefficient (Wildman–Crippen LogP) is 6.69. The van der Waals surface area contributed by atoms with Crippen LogP contribution in [0.4, 0.5) is 5.13 Å². The highest BCUT2D eigenvalue weighted by Crippen LogP contribution is 2.35. The Morgan fingerprint density at radius 3 is 2.34 bits per heavy atom. The number of fused-ring (bicyclic) bond motifs is 1. The van der Waals surface area contributed by atoms with E-state index in [1.54, 1.807) is 33.5 Å². The average molecular weight is 548 g/mol. The lowest BCUT2D eigenvalue weighted by molar-refractivity contribution is 0.0985. The van der Waals surface area contributed by atoms with Gasteiger partial charge in [-0.3, -0.25) is 9.69 Å². The van der Waals surface area contributed by atoms with Crippen molar-refractivity contribution in [3.63, 3.8) is 0 Å². The Hall–Kier alpha value is -3.07. The highest BCUT2D eigenvalue weighted by atomic mass is 32.2. The number of sulfonamides is 1. The monoisotopic (exact) mass is 547 g/mol. The van der Waals surface area contributed by atoms with Crippen molar-refractivity contribution in [1.29, 1.82) is 0 Å². The smallest absolute Gasteiger partial charge is 0.260 e. The molecule has 5 rings (SSSR count). The van der Waals surface area contributed by atoms with Crippen LogP contribution in [-0.2, 0) is 16.6 Å². The molecule has 1 aromatic heterocycles. The molecule has 38 heavy (non-hydrogen) atoms. The third-order valence-corrected chi connectivity index (χ3v) is 10.2. The van der Waals surface area contributed by atoms with Gasteiger partial charge in [0, 0.05) is 18.7 Å². The van der Waals surface area contributed by atoms with Gasteiger partial charge in [0.25, 0.3) is 5.91 Å². The summed E-state index contributed by atoms with van der Waals surface area (Å²) in [4.78, 5) is 20.7. The van der Waals surface area contributed by atoms with Gasteiger partial charge < -0.3 is 0 Å². The number of hydrogen-bond donors (Lipinski definition) is 0. The van der Waals surface area contributed by atoms with Crippen molar-refractivity contribution in [2.75, 3.05) is 18.0 Å². The molecular formula is C30H33N3O3S2. The Bertz CT molecular complexity index is 1520. The van der Waals surface area contributed by atoms with Gasteiger partial charge in [-0.05, 0) is 66.1 Å². The minimum absolute atomic E-state index is 0.213. The van der Waals surface area contributed by atoms with Gasteiger partial charge in [-0.25, -0.2) is 13.4 Å². The van der Waals surface area contributed by atoms with Crippen molar-refractivity contribution < 1.29 is 13.2 Å². The van der Waals surface area contributed by atoms with E-state index in [-0.39, 0.29) is 10.8 Å². The number of benzene rings is 3. The number of nitrogens with zero attached hydrogens (tertiary/aromatic N) is 3. The zero-order valence-electron chi connectivity index (χ0n) is 22.0. The molecule has 8 heteroatoms. The molecule has 1 aliphatic heterocycles. The normalized spacial score (nSPS) is 15.3. The van der Waals surface area contributed by atoms with E-state index in [4.69, 9.17) is 4.98 Å². The molecule has 0 unspecified atom stereocenters. The molecule has 0 spiro atoms. The van der Waals surface area contributed by atoms with Crippen LogP contribution in [0.3, 0.4) is 0 Å².